The first-order valence-corrected chi connectivity index (χ1v) is 7.32. The average Bonchev–Trinajstić information content (AvgIpc) is 2.46. The third-order valence-electron chi connectivity index (χ3n) is 3.04. The van der Waals surface area contributed by atoms with E-state index in [1.54, 1.807) is 0 Å². The molecule has 0 aliphatic heterocycles. The number of halogens is 1. The maximum Gasteiger partial charge on any atom is 0.119 e. The summed E-state index contributed by atoms with van der Waals surface area (Å²) in [6.07, 6.45) is 0.984. The highest BCUT2D eigenvalue weighted by molar-refractivity contribution is 6.30. The Balaban J connectivity index is 1.73. The van der Waals surface area contributed by atoms with Gasteiger partial charge in [-0.2, -0.15) is 0 Å². The zero-order chi connectivity index (χ0) is 14.2. The van der Waals surface area contributed by atoms with Gasteiger partial charge in [-0.1, -0.05) is 35.9 Å². The molecule has 0 fully saturated rings. The van der Waals surface area contributed by atoms with E-state index in [4.69, 9.17) is 16.3 Å². The van der Waals surface area contributed by atoms with E-state index in [1.807, 2.05) is 37.3 Å². The first-order valence-electron chi connectivity index (χ1n) is 6.95. The highest BCUT2D eigenvalue weighted by Crippen LogP contribution is 2.12. The van der Waals surface area contributed by atoms with Crippen molar-refractivity contribution >= 4 is 11.6 Å². The Morgan fingerprint density at radius 3 is 2.55 bits per heavy atom. The van der Waals surface area contributed by atoms with Crippen LogP contribution in [0.3, 0.4) is 0 Å². The molecular weight excluding hydrogens is 270 g/mol. The average molecular weight is 290 g/mol. The van der Waals surface area contributed by atoms with E-state index in [2.05, 4.69) is 23.5 Å². The highest BCUT2D eigenvalue weighted by Gasteiger charge is 1.97. The molecule has 3 heteroatoms. The smallest absolute Gasteiger partial charge is 0.119 e. The largest absolute Gasteiger partial charge is 0.494 e. The molecule has 1 N–H and O–H groups in total. The van der Waals surface area contributed by atoms with Crippen molar-refractivity contribution < 1.29 is 4.74 Å². The molecule has 2 aromatic carbocycles. The van der Waals surface area contributed by atoms with Crippen LogP contribution in [0.25, 0.3) is 0 Å². The van der Waals surface area contributed by atoms with Gasteiger partial charge in [-0.3, -0.25) is 0 Å². The van der Waals surface area contributed by atoms with Gasteiger partial charge < -0.3 is 10.1 Å². The lowest BCUT2D eigenvalue weighted by atomic mass is 10.1. The fourth-order valence-corrected chi connectivity index (χ4v) is 2.24. The zero-order valence-electron chi connectivity index (χ0n) is 11.7. The van der Waals surface area contributed by atoms with E-state index in [1.165, 1.54) is 11.1 Å². The summed E-state index contributed by atoms with van der Waals surface area (Å²) in [7, 11) is 0. The van der Waals surface area contributed by atoms with E-state index in [9.17, 15) is 0 Å². The lowest BCUT2D eigenvalue weighted by Gasteiger charge is -2.07. The van der Waals surface area contributed by atoms with Gasteiger partial charge in [0.15, 0.2) is 0 Å². The number of ether oxygens (including phenoxy) is 1. The molecule has 0 saturated carbocycles. The summed E-state index contributed by atoms with van der Waals surface area (Å²) in [5.74, 6) is 0.926. The maximum atomic E-state index is 5.96. The molecule has 0 radical (unpaired) electrons. The second-order valence-electron chi connectivity index (χ2n) is 4.63. The van der Waals surface area contributed by atoms with E-state index < -0.39 is 0 Å². The Morgan fingerprint density at radius 2 is 1.85 bits per heavy atom. The molecule has 0 bridgehead atoms. The Morgan fingerprint density at radius 1 is 1.05 bits per heavy atom. The fourth-order valence-electron chi connectivity index (χ4n) is 2.03. The van der Waals surface area contributed by atoms with Crippen LogP contribution in [0.2, 0.25) is 5.02 Å². The second kappa shape index (κ2) is 7.93. The summed E-state index contributed by atoms with van der Waals surface area (Å²) < 4.78 is 5.42. The van der Waals surface area contributed by atoms with Crippen LogP contribution in [0.4, 0.5) is 0 Å². The molecule has 0 unspecified atom stereocenters. The van der Waals surface area contributed by atoms with Crippen molar-refractivity contribution in [1.82, 2.24) is 5.32 Å². The van der Waals surface area contributed by atoms with E-state index in [0.29, 0.717) is 6.61 Å². The molecule has 2 aromatic rings. The van der Waals surface area contributed by atoms with Crippen molar-refractivity contribution in [2.45, 2.75) is 19.9 Å². The molecule has 2 rings (SSSR count). The first-order chi connectivity index (χ1) is 9.78. The molecule has 106 valence electrons. The summed E-state index contributed by atoms with van der Waals surface area (Å²) in [6.45, 7) is 4.50. The zero-order valence-corrected chi connectivity index (χ0v) is 12.5. The van der Waals surface area contributed by atoms with Gasteiger partial charge in [0.25, 0.3) is 0 Å². The molecule has 20 heavy (non-hydrogen) atoms. The van der Waals surface area contributed by atoms with Crippen LogP contribution in [-0.4, -0.2) is 13.2 Å². The Bertz CT molecular complexity index is 525. The van der Waals surface area contributed by atoms with Crippen molar-refractivity contribution in [3.63, 3.8) is 0 Å². The van der Waals surface area contributed by atoms with E-state index in [-0.39, 0.29) is 0 Å². The predicted molar refractivity (Wildman–Crippen MR) is 84.5 cm³/mol. The van der Waals surface area contributed by atoms with Gasteiger partial charge in [-0.05, 0) is 55.3 Å². The van der Waals surface area contributed by atoms with Gasteiger partial charge in [-0.25, -0.2) is 0 Å². The molecule has 0 spiro atoms. The number of hydrogen-bond acceptors (Lipinski definition) is 2. The molecule has 0 aliphatic rings. The quantitative estimate of drug-likeness (QED) is 0.776. The summed E-state index contributed by atoms with van der Waals surface area (Å²) in [5, 5.41) is 4.24. The number of rotatable bonds is 7. The van der Waals surface area contributed by atoms with Gasteiger partial charge in [0.2, 0.25) is 0 Å². The highest BCUT2D eigenvalue weighted by atomic mass is 35.5. The Hall–Kier alpha value is -1.51. The van der Waals surface area contributed by atoms with Crippen molar-refractivity contribution in [3.8, 4) is 5.75 Å². The summed E-state index contributed by atoms with van der Waals surface area (Å²) in [6, 6.07) is 16.2. The third kappa shape index (κ3) is 4.87. The van der Waals surface area contributed by atoms with Gasteiger partial charge in [0.05, 0.1) is 6.61 Å². The second-order valence-corrected chi connectivity index (χ2v) is 5.07. The molecule has 2 nitrogen and oxygen atoms in total. The minimum absolute atomic E-state index is 0.706. The lowest BCUT2D eigenvalue weighted by Crippen LogP contribution is -2.16. The molecule has 0 aliphatic carbocycles. The number of hydrogen-bond donors (Lipinski definition) is 1. The number of benzene rings is 2. The minimum atomic E-state index is 0.706. The van der Waals surface area contributed by atoms with Crippen LogP contribution in [0.5, 0.6) is 5.75 Å². The normalized spacial score (nSPS) is 10.5. The van der Waals surface area contributed by atoms with Crippen LogP contribution in [-0.2, 0) is 13.0 Å². The molecule has 0 atom stereocenters. The van der Waals surface area contributed by atoms with Gasteiger partial charge >= 0.3 is 0 Å². The lowest BCUT2D eigenvalue weighted by molar-refractivity contribution is 0.340. The third-order valence-corrected chi connectivity index (χ3v) is 3.28. The van der Waals surface area contributed by atoms with Crippen LogP contribution < -0.4 is 10.1 Å². The Labute approximate surface area is 125 Å². The van der Waals surface area contributed by atoms with Crippen LogP contribution in [0, 0.1) is 0 Å². The molecular formula is C17H20ClNO. The SMILES string of the molecule is CCOc1ccc(CNCCc2cccc(Cl)c2)cc1. The maximum absolute atomic E-state index is 5.96. The molecule has 0 heterocycles. The van der Waals surface area contributed by atoms with Gasteiger partial charge in [0.1, 0.15) is 5.75 Å². The first kappa shape index (κ1) is 14.9. The standard InChI is InChI=1S/C17H20ClNO/c1-2-20-17-8-6-15(7-9-17)13-19-11-10-14-4-3-5-16(18)12-14/h3-9,12,19H,2,10-11,13H2,1H3. The Kier molecular flexibility index (Phi) is 5.90. The molecule has 0 saturated heterocycles. The molecule has 0 amide bonds. The predicted octanol–water partition coefficient (Wildman–Crippen LogP) is 4.07. The van der Waals surface area contributed by atoms with Crippen molar-refractivity contribution in [2.75, 3.05) is 13.2 Å². The summed E-state index contributed by atoms with van der Waals surface area (Å²) in [5.41, 5.74) is 2.52. The van der Waals surface area contributed by atoms with E-state index in [0.717, 1.165) is 30.3 Å². The minimum Gasteiger partial charge on any atom is -0.494 e. The van der Waals surface area contributed by atoms with Crippen LogP contribution in [0.1, 0.15) is 18.1 Å². The van der Waals surface area contributed by atoms with Gasteiger partial charge in [-0.15, -0.1) is 0 Å². The van der Waals surface area contributed by atoms with Crippen LogP contribution >= 0.6 is 11.6 Å². The summed E-state index contributed by atoms with van der Waals surface area (Å²) >= 11 is 5.96. The van der Waals surface area contributed by atoms with Crippen LogP contribution in [0.15, 0.2) is 48.5 Å². The monoisotopic (exact) mass is 289 g/mol. The van der Waals surface area contributed by atoms with Crippen molar-refractivity contribution in [3.05, 3.63) is 64.7 Å². The summed E-state index contributed by atoms with van der Waals surface area (Å²) in [4.78, 5) is 0. The van der Waals surface area contributed by atoms with Crippen molar-refractivity contribution in [2.24, 2.45) is 0 Å². The fraction of sp³-hybridized carbons (Fsp3) is 0.294. The van der Waals surface area contributed by atoms with Crippen molar-refractivity contribution in [1.29, 1.82) is 0 Å². The molecule has 0 aromatic heterocycles. The number of nitrogens with one attached hydrogen (secondary N) is 1. The van der Waals surface area contributed by atoms with E-state index >= 15 is 0 Å². The van der Waals surface area contributed by atoms with Gasteiger partial charge in [0, 0.05) is 11.6 Å². The topological polar surface area (TPSA) is 21.3 Å².